The summed E-state index contributed by atoms with van der Waals surface area (Å²) in [6.07, 6.45) is 1.71. The maximum atomic E-state index is 9.19. The van der Waals surface area contributed by atoms with Crippen molar-refractivity contribution >= 4 is 0 Å². The Morgan fingerprint density at radius 3 is 1.52 bits per heavy atom. The molecule has 0 saturated carbocycles. The number of hydrogen-bond acceptors (Lipinski definition) is 8. The van der Waals surface area contributed by atoms with E-state index in [1.54, 1.807) is 0 Å². The van der Waals surface area contributed by atoms with Crippen molar-refractivity contribution in [2.24, 2.45) is 0 Å². The van der Waals surface area contributed by atoms with E-state index in [4.69, 9.17) is 28.4 Å². The van der Waals surface area contributed by atoms with E-state index in [1.165, 1.54) is 7.11 Å². The van der Waals surface area contributed by atoms with Gasteiger partial charge in [-0.1, -0.05) is 0 Å². The van der Waals surface area contributed by atoms with Crippen LogP contribution in [0.4, 0.5) is 0 Å². The molecular weight excluding hydrogens is 332 g/mol. The van der Waals surface area contributed by atoms with Gasteiger partial charge in [-0.25, -0.2) is 0 Å². The molecule has 0 aromatic carbocycles. The van der Waals surface area contributed by atoms with E-state index in [0.717, 1.165) is 12.8 Å². The maximum Gasteiger partial charge on any atom is 0.137 e. The molecule has 0 rings (SSSR count). The highest BCUT2D eigenvalue weighted by Gasteiger charge is 2.28. The lowest BCUT2D eigenvalue weighted by molar-refractivity contribution is -0.128. The van der Waals surface area contributed by atoms with Crippen LogP contribution in [-0.2, 0) is 28.4 Å². The number of aliphatic hydroxyl groups excluding tert-OH is 2. The fraction of sp³-hybridized carbons (Fsp3) is 1.00. The highest BCUT2D eigenvalue weighted by Crippen LogP contribution is 2.09. The zero-order chi connectivity index (χ0) is 18.6. The highest BCUT2D eigenvalue weighted by molar-refractivity contribution is 4.78. The fourth-order valence-corrected chi connectivity index (χ4v) is 1.80. The molecular formula is C17H36O8. The first-order valence-corrected chi connectivity index (χ1v) is 8.90. The Bertz CT molecular complexity index is 253. The lowest BCUT2D eigenvalue weighted by Gasteiger charge is -2.27. The zero-order valence-electron chi connectivity index (χ0n) is 15.7. The fourth-order valence-electron chi connectivity index (χ4n) is 1.80. The summed E-state index contributed by atoms with van der Waals surface area (Å²) in [6.45, 7) is 6.90. The molecule has 8 nitrogen and oxygen atoms in total. The van der Waals surface area contributed by atoms with Crippen molar-refractivity contribution < 1.29 is 38.6 Å². The highest BCUT2D eigenvalue weighted by atomic mass is 16.6. The van der Waals surface area contributed by atoms with Crippen molar-refractivity contribution in [3.8, 4) is 0 Å². The molecule has 0 saturated heterocycles. The Labute approximate surface area is 151 Å². The van der Waals surface area contributed by atoms with Crippen LogP contribution in [0.5, 0.6) is 0 Å². The first-order chi connectivity index (χ1) is 12.2. The van der Waals surface area contributed by atoms with Crippen molar-refractivity contribution in [3.63, 3.8) is 0 Å². The predicted octanol–water partition coefficient (Wildman–Crippen LogP) is 0.239. The van der Waals surface area contributed by atoms with Crippen LogP contribution in [0, 0.1) is 0 Å². The van der Waals surface area contributed by atoms with E-state index in [2.05, 4.69) is 0 Å². The van der Waals surface area contributed by atoms with Gasteiger partial charge in [-0.15, -0.1) is 0 Å². The van der Waals surface area contributed by atoms with Gasteiger partial charge in [0.25, 0.3) is 0 Å². The van der Waals surface area contributed by atoms with E-state index >= 15 is 0 Å². The third-order valence-electron chi connectivity index (χ3n) is 3.52. The number of methoxy groups -OCH3 is 1. The molecule has 0 aromatic rings. The molecule has 0 unspecified atom stereocenters. The molecule has 0 bridgehead atoms. The third kappa shape index (κ3) is 14.5. The molecule has 152 valence electrons. The third-order valence-corrected chi connectivity index (χ3v) is 3.52. The van der Waals surface area contributed by atoms with E-state index in [-0.39, 0.29) is 19.8 Å². The summed E-state index contributed by atoms with van der Waals surface area (Å²) in [6, 6.07) is 0. The minimum absolute atomic E-state index is 0.165. The molecule has 0 spiro atoms. The van der Waals surface area contributed by atoms with Gasteiger partial charge in [-0.05, 0) is 19.8 Å². The standard InChI is InChI=1S/C17H36O8/c1-3-21-8-9-23-12-13-24-11-10-22-6-4-5-7-25-16-17(14-18,15-19)20-2/h18-19H,3-16H2,1-2H3. The van der Waals surface area contributed by atoms with Gasteiger partial charge >= 0.3 is 0 Å². The van der Waals surface area contributed by atoms with Crippen molar-refractivity contribution in [1.29, 1.82) is 0 Å². The van der Waals surface area contributed by atoms with Crippen LogP contribution >= 0.6 is 0 Å². The average molecular weight is 368 g/mol. The van der Waals surface area contributed by atoms with Gasteiger partial charge in [0.15, 0.2) is 0 Å². The lowest BCUT2D eigenvalue weighted by atomic mass is 10.1. The molecule has 0 aliphatic heterocycles. The van der Waals surface area contributed by atoms with Gasteiger partial charge in [-0.3, -0.25) is 0 Å². The summed E-state index contributed by atoms with van der Waals surface area (Å²) >= 11 is 0. The number of rotatable bonds is 20. The quantitative estimate of drug-likeness (QED) is 0.295. The molecule has 8 heteroatoms. The van der Waals surface area contributed by atoms with Gasteiger partial charge in [0, 0.05) is 26.9 Å². The summed E-state index contributed by atoms with van der Waals surface area (Å²) in [5.41, 5.74) is -1.01. The smallest absolute Gasteiger partial charge is 0.137 e. The van der Waals surface area contributed by atoms with E-state index in [0.29, 0.717) is 59.5 Å². The predicted molar refractivity (Wildman–Crippen MR) is 92.9 cm³/mol. The van der Waals surface area contributed by atoms with E-state index in [9.17, 15) is 10.2 Å². The molecule has 0 fully saturated rings. The first-order valence-electron chi connectivity index (χ1n) is 8.90. The Hall–Kier alpha value is -0.320. The molecule has 0 amide bonds. The van der Waals surface area contributed by atoms with Crippen LogP contribution in [0.25, 0.3) is 0 Å². The van der Waals surface area contributed by atoms with Crippen LogP contribution in [0.2, 0.25) is 0 Å². The van der Waals surface area contributed by atoms with Crippen molar-refractivity contribution in [2.45, 2.75) is 25.4 Å². The molecule has 0 aliphatic carbocycles. The lowest BCUT2D eigenvalue weighted by Crippen LogP contribution is -2.44. The van der Waals surface area contributed by atoms with Gasteiger partial charge in [0.2, 0.25) is 0 Å². The van der Waals surface area contributed by atoms with E-state index < -0.39 is 5.60 Å². The summed E-state index contributed by atoms with van der Waals surface area (Å²) in [5.74, 6) is 0. The minimum atomic E-state index is -1.01. The molecule has 0 radical (unpaired) electrons. The topological polar surface area (TPSA) is 95.8 Å². The minimum Gasteiger partial charge on any atom is -0.393 e. The normalized spacial score (nSPS) is 12.0. The van der Waals surface area contributed by atoms with Crippen LogP contribution < -0.4 is 0 Å². The summed E-state index contributed by atoms with van der Waals surface area (Å²) < 4.78 is 31.8. The maximum absolute atomic E-state index is 9.19. The van der Waals surface area contributed by atoms with Crippen LogP contribution in [-0.4, -0.2) is 102 Å². The van der Waals surface area contributed by atoms with Crippen molar-refractivity contribution in [3.05, 3.63) is 0 Å². The molecule has 0 atom stereocenters. The second kappa shape index (κ2) is 18.5. The number of hydrogen-bond donors (Lipinski definition) is 2. The second-order valence-electron chi connectivity index (χ2n) is 5.50. The van der Waals surface area contributed by atoms with E-state index in [1.807, 2.05) is 6.92 Å². The Morgan fingerprint density at radius 1 is 0.640 bits per heavy atom. The van der Waals surface area contributed by atoms with Gasteiger partial charge in [-0.2, -0.15) is 0 Å². The monoisotopic (exact) mass is 368 g/mol. The summed E-state index contributed by atoms with van der Waals surface area (Å²) in [7, 11) is 1.44. The van der Waals surface area contributed by atoms with Crippen LogP contribution in [0.1, 0.15) is 19.8 Å². The first kappa shape index (κ1) is 24.7. The van der Waals surface area contributed by atoms with Gasteiger partial charge in [0.05, 0.1) is 59.5 Å². The van der Waals surface area contributed by atoms with Crippen molar-refractivity contribution in [1.82, 2.24) is 0 Å². The SMILES string of the molecule is CCOCCOCCOCCOCCCCOCC(CO)(CO)OC. The Balaban J connectivity index is 3.21. The van der Waals surface area contributed by atoms with Crippen LogP contribution in [0.15, 0.2) is 0 Å². The molecule has 0 heterocycles. The van der Waals surface area contributed by atoms with Gasteiger partial charge in [0.1, 0.15) is 5.60 Å². The number of unbranched alkanes of at least 4 members (excludes halogenated alkanes) is 1. The molecule has 25 heavy (non-hydrogen) atoms. The van der Waals surface area contributed by atoms with Crippen LogP contribution in [0.3, 0.4) is 0 Å². The number of ether oxygens (including phenoxy) is 6. The Morgan fingerprint density at radius 2 is 1.08 bits per heavy atom. The average Bonchev–Trinajstić information content (AvgIpc) is 2.65. The summed E-state index contributed by atoms with van der Waals surface area (Å²) in [5, 5.41) is 18.4. The number of aliphatic hydroxyl groups is 2. The molecule has 0 aromatic heterocycles. The zero-order valence-corrected chi connectivity index (χ0v) is 15.7. The second-order valence-corrected chi connectivity index (χ2v) is 5.50. The molecule has 0 aliphatic rings. The van der Waals surface area contributed by atoms with Crippen molar-refractivity contribution in [2.75, 3.05) is 86.4 Å². The summed E-state index contributed by atoms with van der Waals surface area (Å²) in [4.78, 5) is 0. The molecule has 2 N–H and O–H groups in total. The largest absolute Gasteiger partial charge is 0.393 e. The Kier molecular flexibility index (Phi) is 18.2. The van der Waals surface area contributed by atoms with Gasteiger partial charge < -0.3 is 38.6 Å².